The van der Waals surface area contributed by atoms with Gasteiger partial charge in [0.2, 0.25) is 5.91 Å². The molecule has 1 saturated heterocycles. The van der Waals surface area contributed by atoms with Gasteiger partial charge in [0, 0.05) is 18.7 Å². The van der Waals surface area contributed by atoms with Gasteiger partial charge in [0.25, 0.3) is 5.91 Å². The number of hydrogen-bond donors (Lipinski definition) is 2. The van der Waals surface area contributed by atoms with E-state index in [0.29, 0.717) is 12.2 Å². The predicted octanol–water partition coefficient (Wildman–Crippen LogP) is 1.64. The van der Waals surface area contributed by atoms with Crippen molar-refractivity contribution in [3.63, 3.8) is 0 Å². The van der Waals surface area contributed by atoms with Gasteiger partial charge in [-0.25, -0.2) is 0 Å². The van der Waals surface area contributed by atoms with Gasteiger partial charge in [-0.2, -0.15) is 0 Å². The van der Waals surface area contributed by atoms with Crippen LogP contribution in [0, 0.1) is 0 Å². The molecule has 1 aliphatic heterocycles. The fraction of sp³-hybridized carbons (Fsp3) is 0.529. The zero-order chi connectivity index (χ0) is 16.7. The highest BCUT2D eigenvalue weighted by atomic mass is 35.5. The molecule has 7 heteroatoms. The van der Waals surface area contributed by atoms with Crippen molar-refractivity contribution in [3.8, 4) is 5.75 Å². The van der Waals surface area contributed by atoms with Crippen molar-refractivity contribution in [2.45, 2.75) is 32.2 Å². The van der Waals surface area contributed by atoms with Crippen molar-refractivity contribution in [1.29, 1.82) is 0 Å². The molecule has 0 aliphatic carbocycles. The van der Waals surface area contributed by atoms with Gasteiger partial charge in [0.1, 0.15) is 5.75 Å². The van der Waals surface area contributed by atoms with E-state index in [2.05, 4.69) is 5.32 Å². The molecule has 1 fully saturated rings. The molecule has 3 N–H and O–H groups in total. The molecule has 134 valence electrons. The number of rotatable bonds is 7. The molecular weight excluding hydrogens is 330 g/mol. The Hall–Kier alpha value is -1.79. The minimum absolute atomic E-state index is 0. The minimum Gasteiger partial charge on any atom is -0.483 e. The van der Waals surface area contributed by atoms with Crippen molar-refractivity contribution in [1.82, 2.24) is 10.2 Å². The largest absolute Gasteiger partial charge is 0.483 e. The Bertz CT molecular complexity index is 548. The zero-order valence-corrected chi connectivity index (χ0v) is 14.8. The molecule has 2 rings (SSSR count). The van der Waals surface area contributed by atoms with Crippen LogP contribution in [0.15, 0.2) is 24.3 Å². The summed E-state index contributed by atoms with van der Waals surface area (Å²) in [6.45, 7) is 3.58. The van der Waals surface area contributed by atoms with Crippen molar-refractivity contribution < 1.29 is 14.3 Å². The van der Waals surface area contributed by atoms with E-state index in [4.69, 9.17) is 10.5 Å². The van der Waals surface area contributed by atoms with Crippen LogP contribution >= 0.6 is 12.4 Å². The molecule has 0 aromatic heterocycles. The molecule has 1 heterocycles. The fourth-order valence-corrected chi connectivity index (χ4v) is 2.75. The van der Waals surface area contributed by atoms with Crippen molar-refractivity contribution in [2.75, 3.05) is 26.2 Å². The van der Waals surface area contributed by atoms with Gasteiger partial charge in [-0.15, -0.1) is 12.4 Å². The summed E-state index contributed by atoms with van der Waals surface area (Å²) < 4.78 is 5.74. The minimum atomic E-state index is -0.209. The summed E-state index contributed by atoms with van der Waals surface area (Å²) in [6.07, 6.45) is 2.84. The van der Waals surface area contributed by atoms with Crippen molar-refractivity contribution in [3.05, 3.63) is 29.8 Å². The van der Waals surface area contributed by atoms with E-state index in [1.165, 1.54) is 0 Å². The third-order valence-corrected chi connectivity index (χ3v) is 4.03. The molecule has 6 nitrogen and oxygen atoms in total. The predicted molar refractivity (Wildman–Crippen MR) is 95.2 cm³/mol. The highest BCUT2D eigenvalue weighted by Gasteiger charge is 2.20. The molecule has 0 bridgehead atoms. The number of halogens is 1. The number of amides is 2. The Morgan fingerprint density at radius 2 is 1.96 bits per heavy atom. The van der Waals surface area contributed by atoms with Gasteiger partial charge < -0.3 is 20.7 Å². The number of nitrogens with two attached hydrogens (primary N) is 1. The van der Waals surface area contributed by atoms with Gasteiger partial charge in [-0.1, -0.05) is 25.1 Å². The molecule has 0 spiro atoms. The smallest absolute Gasteiger partial charge is 0.260 e. The molecule has 1 aromatic carbocycles. The topological polar surface area (TPSA) is 84.7 Å². The number of carbonyl (C=O) groups is 2. The zero-order valence-electron chi connectivity index (χ0n) is 14.0. The normalized spacial score (nSPS) is 14.7. The second kappa shape index (κ2) is 10.2. The van der Waals surface area contributed by atoms with E-state index in [-0.39, 0.29) is 43.4 Å². The van der Waals surface area contributed by atoms with Crippen LogP contribution in [0.3, 0.4) is 0 Å². The Morgan fingerprint density at radius 1 is 1.29 bits per heavy atom. The average Bonchev–Trinajstić information content (AvgIpc) is 3.12. The van der Waals surface area contributed by atoms with Gasteiger partial charge in [-0.3, -0.25) is 9.59 Å². The molecular formula is C17H26ClN3O3. The number of benzene rings is 1. The SMILES string of the molecule is CCC(NC(=O)CN)c1ccccc1OCC(=O)N1CCCC1.Cl. The lowest BCUT2D eigenvalue weighted by atomic mass is 10.0. The summed E-state index contributed by atoms with van der Waals surface area (Å²) in [5, 5.41) is 2.88. The number of likely N-dealkylation sites (tertiary alicyclic amines) is 1. The first-order chi connectivity index (χ1) is 11.2. The standard InChI is InChI=1S/C17H25N3O3.ClH/c1-2-14(19-16(21)11-18)13-7-3-4-8-15(13)23-12-17(22)20-9-5-6-10-20;/h3-4,7-8,14H,2,5-6,9-12,18H2,1H3,(H,19,21);1H. The molecule has 0 radical (unpaired) electrons. The fourth-order valence-electron chi connectivity index (χ4n) is 2.75. The maximum atomic E-state index is 12.1. The third-order valence-electron chi connectivity index (χ3n) is 4.03. The Balaban J connectivity index is 0.00000288. The van der Waals surface area contributed by atoms with Crippen molar-refractivity contribution in [2.24, 2.45) is 5.73 Å². The summed E-state index contributed by atoms with van der Waals surface area (Å²) >= 11 is 0. The molecule has 2 amide bonds. The molecule has 1 aliphatic rings. The Morgan fingerprint density at radius 3 is 2.58 bits per heavy atom. The highest BCUT2D eigenvalue weighted by molar-refractivity contribution is 5.85. The first-order valence-corrected chi connectivity index (χ1v) is 8.14. The Labute approximate surface area is 149 Å². The van der Waals surface area contributed by atoms with E-state index >= 15 is 0 Å². The number of para-hydroxylation sites is 1. The van der Waals surface area contributed by atoms with Gasteiger partial charge in [0.15, 0.2) is 6.61 Å². The summed E-state index contributed by atoms with van der Waals surface area (Å²) in [5.74, 6) is 0.431. The summed E-state index contributed by atoms with van der Waals surface area (Å²) in [4.78, 5) is 25.5. The highest BCUT2D eigenvalue weighted by Crippen LogP contribution is 2.27. The Kier molecular flexibility index (Phi) is 8.57. The van der Waals surface area contributed by atoms with Crippen LogP contribution in [-0.2, 0) is 9.59 Å². The van der Waals surface area contributed by atoms with Gasteiger partial charge in [-0.05, 0) is 25.3 Å². The van der Waals surface area contributed by atoms with Crippen LogP contribution in [0.1, 0.15) is 37.8 Å². The van der Waals surface area contributed by atoms with E-state index in [1.54, 1.807) is 0 Å². The van der Waals surface area contributed by atoms with E-state index in [0.717, 1.165) is 31.5 Å². The quantitative estimate of drug-likeness (QED) is 0.778. The number of hydrogen-bond acceptors (Lipinski definition) is 4. The second-order valence-corrected chi connectivity index (χ2v) is 5.65. The average molecular weight is 356 g/mol. The lowest BCUT2D eigenvalue weighted by Gasteiger charge is -2.21. The first-order valence-electron chi connectivity index (χ1n) is 8.14. The summed E-state index contributed by atoms with van der Waals surface area (Å²) in [6, 6.07) is 7.30. The van der Waals surface area contributed by atoms with Crippen molar-refractivity contribution >= 4 is 24.2 Å². The first kappa shape index (κ1) is 20.3. The van der Waals surface area contributed by atoms with Crippen LogP contribution < -0.4 is 15.8 Å². The number of nitrogens with zero attached hydrogens (tertiary/aromatic N) is 1. The maximum absolute atomic E-state index is 12.1. The van der Waals surface area contributed by atoms with E-state index in [9.17, 15) is 9.59 Å². The monoisotopic (exact) mass is 355 g/mol. The van der Waals surface area contributed by atoms with Crippen LogP contribution in [0.4, 0.5) is 0 Å². The third kappa shape index (κ3) is 5.39. The summed E-state index contributed by atoms with van der Waals surface area (Å²) in [5.41, 5.74) is 6.23. The lowest BCUT2D eigenvalue weighted by Crippen LogP contribution is -2.34. The van der Waals surface area contributed by atoms with Crippen LogP contribution in [0.2, 0.25) is 0 Å². The molecule has 1 aromatic rings. The molecule has 0 saturated carbocycles. The van der Waals surface area contributed by atoms with Gasteiger partial charge >= 0.3 is 0 Å². The maximum Gasteiger partial charge on any atom is 0.260 e. The molecule has 1 atom stereocenters. The van der Waals surface area contributed by atoms with Crippen LogP contribution in [-0.4, -0.2) is 43.0 Å². The van der Waals surface area contributed by atoms with E-state index in [1.807, 2.05) is 36.1 Å². The van der Waals surface area contributed by atoms with Gasteiger partial charge in [0.05, 0.1) is 12.6 Å². The number of carbonyl (C=O) groups excluding carboxylic acids is 2. The number of nitrogens with one attached hydrogen (secondary N) is 1. The van der Waals surface area contributed by atoms with Crippen LogP contribution in [0.25, 0.3) is 0 Å². The lowest BCUT2D eigenvalue weighted by molar-refractivity contribution is -0.132. The molecule has 1 unspecified atom stereocenters. The van der Waals surface area contributed by atoms with E-state index < -0.39 is 0 Å². The second-order valence-electron chi connectivity index (χ2n) is 5.65. The van der Waals surface area contributed by atoms with Crippen LogP contribution in [0.5, 0.6) is 5.75 Å². The molecule has 24 heavy (non-hydrogen) atoms. The number of ether oxygens (including phenoxy) is 1. The summed E-state index contributed by atoms with van der Waals surface area (Å²) in [7, 11) is 0.